The topological polar surface area (TPSA) is 0 Å². The van der Waals surface area contributed by atoms with Gasteiger partial charge in [0.2, 0.25) is 0 Å². The first kappa shape index (κ1) is 9.80. The van der Waals surface area contributed by atoms with Crippen LogP contribution in [0.15, 0.2) is 34.1 Å². The fourth-order valence-corrected chi connectivity index (χ4v) is 2.54. The van der Waals surface area contributed by atoms with Gasteiger partial charge in [-0.15, -0.1) is 11.3 Å². The molecule has 0 nitrogen and oxygen atoms in total. The van der Waals surface area contributed by atoms with Crippen LogP contribution in [-0.2, 0) is 0 Å². The molecular weight excluding hydrogens is 270 g/mol. The summed E-state index contributed by atoms with van der Waals surface area (Å²) in [7, 11) is 0. The molecule has 0 aliphatic heterocycles. The summed E-state index contributed by atoms with van der Waals surface area (Å²) >= 11 is 4.74. The zero-order chi connectivity index (χ0) is 10.1. The Bertz CT molecular complexity index is 445. The second-order valence-electron chi connectivity index (χ2n) is 2.76. The number of rotatable bonds is 1. The maximum Gasteiger partial charge on any atom is 0.126 e. The summed E-state index contributed by atoms with van der Waals surface area (Å²) in [6, 6.07) is 7.18. The van der Waals surface area contributed by atoms with Gasteiger partial charge in [0.1, 0.15) is 11.6 Å². The Hall–Kier alpha value is -0.740. The molecule has 0 aliphatic rings. The number of benzene rings is 1. The normalized spacial score (nSPS) is 10.5. The van der Waals surface area contributed by atoms with Crippen LogP contribution in [0.2, 0.25) is 0 Å². The summed E-state index contributed by atoms with van der Waals surface area (Å²) < 4.78 is 26.7. The smallest absolute Gasteiger partial charge is 0.126 e. The molecule has 0 fully saturated rings. The molecule has 0 bridgehead atoms. The van der Waals surface area contributed by atoms with Crippen molar-refractivity contribution in [3.8, 4) is 10.4 Å². The predicted octanol–water partition coefficient (Wildman–Crippen LogP) is 4.46. The maximum absolute atomic E-state index is 12.9. The number of halogens is 3. The molecule has 0 spiro atoms. The summed E-state index contributed by atoms with van der Waals surface area (Å²) in [5.41, 5.74) is 0.568. The van der Waals surface area contributed by atoms with Gasteiger partial charge in [-0.05, 0) is 45.8 Å². The fourth-order valence-electron chi connectivity index (χ4n) is 1.17. The standard InChI is InChI=1S/C10H5BrF2S/c11-10-2-1-9(14-10)6-3-7(12)5-8(13)4-6/h1-5H. The largest absolute Gasteiger partial charge is 0.207 e. The van der Waals surface area contributed by atoms with Crippen LogP contribution in [0.25, 0.3) is 10.4 Å². The molecule has 0 atom stereocenters. The molecule has 1 heterocycles. The molecule has 0 amide bonds. The molecule has 1 aromatic heterocycles. The second kappa shape index (κ2) is 3.79. The molecule has 14 heavy (non-hydrogen) atoms. The van der Waals surface area contributed by atoms with Crippen molar-refractivity contribution in [1.29, 1.82) is 0 Å². The Balaban J connectivity index is 2.51. The third-order valence-corrected chi connectivity index (χ3v) is 3.39. The van der Waals surface area contributed by atoms with Gasteiger partial charge in [0.05, 0.1) is 3.79 Å². The summed E-state index contributed by atoms with van der Waals surface area (Å²) in [5.74, 6) is -1.10. The minimum absolute atomic E-state index is 0.551. The van der Waals surface area contributed by atoms with Crippen LogP contribution in [0.3, 0.4) is 0 Å². The van der Waals surface area contributed by atoms with Gasteiger partial charge in [-0.3, -0.25) is 0 Å². The first-order chi connectivity index (χ1) is 6.65. The van der Waals surface area contributed by atoms with E-state index >= 15 is 0 Å². The van der Waals surface area contributed by atoms with Gasteiger partial charge in [0.25, 0.3) is 0 Å². The van der Waals surface area contributed by atoms with Crippen LogP contribution in [0.1, 0.15) is 0 Å². The van der Waals surface area contributed by atoms with Gasteiger partial charge in [0.15, 0.2) is 0 Å². The van der Waals surface area contributed by atoms with E-state index < -0.39 is 11.6 Å². The highest BCUT2D eigenvalue weighted by atomic mass is 79.9. The van der Waals surface area contributed by atoms with E-state index in [0.717, 1.165) is 14.7 Å². The van der Waals surface area contributed by atoms with Crippen molar-refractivity contribution < 1.29 is 8.78 Å². The predicted molar refractivity (Wildman–Crippen MR) is 57.4 cm³/mol. The first-order valence-electron chi connectivity index (χ1n) is 3.87. The minimum atomic E-state index is -0.551. The monoisotopic (exact) mass is 274 g/mol. The van der Waals surface area contributed by atoms with Gasteiger partial charge >= 0.3 is 0 Å². The first-order valence-corrected chi connectivity index (χ1v) is 5.48. The van der Waals surface area contributed by atoms with Crippen LogP contribution >= 0.6 is 27.3 Å². The Morgan fingerprint density at radius 1 is 1.00 bits per heavy atom. The van der Waals surface area contributed by atoms with E-state index in [2.05, 4.69) is 15.9 Å². The van der Waals surface area contributed by atoms with E-state index in [1.165, 1.54) is 23.5 Å². The van der Waals surface area contributed by atoms with Gasteiger partial charge < -0.3 is 0 Å². The van der Waals surface area contributed by atoms with Crippen molar-refractivity contribution >= 4 is 27.3 Å². The minimum Gasteiger partial charge on any atom is -0.207 e. The summed E-state index contributed by atoms with van der Waals surface area (Å²) in [6.07, 6.45) is 0. The van der Waals surface area contributed by atoms with E-state index in [-0.39, 0.29) is 0 Å². The molecule has 4 heteroatoms. The zero-order valence-corrected chi connectivity index (χ0v) is 9.33. The van der Waals surface area contributed by atoms with E-state index in [1.54, 1.807) is 0 Å². The lowest BCUT2D eigenvalue weighted by Crippen LogP contribution is -1.81. The van der Waals surface area contributed by atoms with Crippen molar-refractivity contribution in [1.82, 2.24) is 0 Å². The Labute approximate surface area is 92.3 Å². The Kier molecular flexibility index (Phi) is 2.65. The number of hydrogen-bond acceptors (Lipinski definition) is 1. The highest BCUT2D eigenvalue weighted by Crippen LogP contribution is 2.31. The van der Waals surface area contributed by atoms with Gasteiger partial charge in [-0.25, -0.2) is 8.78 Å². The number of hydrogen-bond donors (Lipinski definition) is 0. The van der Waals surface area contributed by atoms with Crippen LogP contribution in [0.4, 0.5) is 8.78 Å². The van der Waals surface area contributed by atoms with E-state index in [4.69, 9.17) is 0 Å². The molecular formula is C10H5BrF2S. The maximum atomic E-state index is 12.9. The second-order valence-corrected chi connectivity index (χ2v) is 5.22. The molecule has 0 aliphatic carbocycles. The van der Waals surface area contributed by atoms with E-state index in [0.29, 0.717) is 5.56 Å². The highest BCUT2D eigenvalue weighted by molar-refractivity contribution is 9.11. The Morgan fingerprint density at radius 2 is 1.64 bits per heavy atom. The van der Waals surface area contributed by atoms with Crippen molar-refractivity contribution in [3.05, 3.63) is 45.8 Å². The van der Waals surface area contributed by atoms with Crippen molar-refractivity contribution in [3.63, 3.8) is 0 Å². The Morgan fingerprint density at radius 3 is 2.14 bits per heavy atom. The highest BCUT2D eigenvalue weighted by Gasteiger charge is 2.05. The molecule has 72 valence electrons. The van der Waals surface area contributed by atoms with Gasteiger partial charge in [-0.1, -0.05) is 0 Å². The SMILES string of the molecule is Fc1cc(F)cc(-c2ccc(Br)s2)c1. The van der Waals surface area contributed by atoms with Crippen molar-refractivity contribution in [2.45, 2.75) is 0 Å². The lowest BCUT2D eigenvalue weighted by Gasteiger charge is -1.97. The third-order valence-electron chi connectivity index (χ3n) is 1.72. The summed E-state index contributed by atoms with van der Waals surface area (Å²) in [5, 5.41) is 0. The van der Waals surface area contributed by atoms with Crippen molar-refractivity contribution in [2.24, 2.45) is 0 Å². The van der Waals surface area contributed by atoms with E-state index in [1.807, 2.05) is 12.1 Å². The molecule has 0 unspecified atom stereocenters. The number of thiophene rings is 1. The molecule has 0 saturated heterocycles. The van der Waals surface area contributed by atoms with Gasteiger partial charge in [-0.2, -0.15) is 0 Å². The quantitative estimate of drug-likeness (QED) is 0.721. The summed E-state index contributed by atoms with van der Waals surface area (Å²) in [4.78, 5) is 0.843. The third kappa shape index (κ3) is 2.01. The van der Waals surface area contributed by atoms with E-state index in [9.17, 15) is 8.78 Å². The van der Waals surface area contributed by atoms with Crippen LogP contribution in [0, 0.1) is 11.6 Å². The molecule has 1 aromatic carbocycles. The average molecular weight is 275 g/mol. The van der Waals surface area contributed by atoms with Crippen molar-refractivity contribution in [2.75, 3.05) is 0 Å². The summed E-state index contributed by atoms with van der Waals surface area (Å²) in [6.45, 7) is 0. The molecule has 0 radical (unpaired) electrons. The molecule has 2 rings (SSSR count). The average Bonchev–Trinajstić information content (AvgIpc) is 2.50. The molecule has 0 N–H and O–H groups in total. The lowest BCUT2D eigenvalue weighted by molar-refractivity contribution is 0.584. The molecule has 2 aromatic rings. The van der Waals surface area contributed by atoms with Crippen LogP contribution in [0.5, 0.6) is 0 Å². The fraction of sp³-hybridized carbons (Fsp3) is 0. The van der Waals surface area contributed by atoms with Gasteiger partial charge in [0, 0.05) is 10.9 Å². The van der Waals surface area contributed by atoms with Crippen LogP contribution in [-0.4, -0.2) is 0 Å². The lowest BCUT2D eigenvalue weighted by atomic mass is 10.2. The molecule has 0 saturated carbocycles. The zero-order valence-electron chi connectivity index (χ0n) is 6.93. The van der Waals surface area contributed by atoms with Crippen LogP contribution < -0.4 is 0 Å².